The molecule has 0 N–H and O–H groups in total. The molecular formula is C21H24N6O3. The van der Waals surface area contributed by atoms with Crippen molar-refractivity contribution in [3.63, 3.8) is 0 Å². The number of carbonyl (C=O) groups excluding carboxylic acids is 1. The van der Waals surface area contributed by atoms with Crippen molar-refractivity contribution < 1.29 is 14.1 Å². The maximum Gasteiger partial charge on any atom is 0.280 e. The summed E-state index contributed by atoms with van der Waals surface area (Å²) in [5, 5.41) is 12.5. The van der Waals surface area contributed by atoms with Gasteiger partial charge in [0.25, 0.3) is 5.89 Å². The molecule has 5 rings (SSSR count). The van der Waals surface area contributed by atoms with Gasteiger partial charge in [0.15, 0.2) is 11.5 Å². The Morgan fingerprint density at radius 1 is 1.23 bits per heavy atom. The van der Waals surface area contributed by atoms with E-state index in [1.54, 1.807) is 4.68 Å². The third kappa shape index (κ3) is 3.92. The van der Waals surface area contributed by atoms with Crippen molar-refractivity contribution in [2.75, 3.05) is 19.7 Å². The number of aromatic nitrogens is 5. The van der Waals surface area contributed by atoms with E-state index >= 15 is 0 Å². The molecule has 3 aromatic rings. The Morgan fingerprint density at radius 2 is 2.07 bits per heavy atom. The molecule has 1 atom stereocenters. The molecule has 9 heteroatoms. The quantitative estimate of drug-likeness (QED) is 0.592. The summed E-state index contributed by atoms with van der Waals surface area (Å²) in [6.07, 6.45) is 5.29. The molecule has 1 saturated carbocycles. The fraction of sp³-hybridized carbons (Fsp3) is 0.476. The molecule has 1 aliphatic carbocycles. The first-order valence-electron chi connectivity index (χ1n) is 10.4. The van der Waals surface area contributed by atoms with Crippen LogP contribution >= 0.6 is 0 Å². The molecule has 1 amide bonds. The number of hydrogen-bond acceptors (Lipinski definition) is 7. The zero-order chi connectivity index (χ0) is 20.5. The summed E-state index contributed by atoms with van der Waals surface area (Å²) in [7, 11) is 0. The van der Waals surface area contributed by atoms with E-state index in [4.69, 9.17) is 9.26 Å². The Kier molecular flexibility index (Phi) is 4.94. The van der Waals surface area contributed by atoms with Gasteiger partial charge >= 0.3 is 0 Å². The number of amides is 1. The van der Waals surface area contributed by atoms with E-state index in [9.17, 15) is 4.79 Å². The maximum atomic E-state index is 12.7. The van der Waals surface area contributed by atoms with Gasteiger partial charge in [-0.15, -0.1) is 5.10 Å². The van der Waals surface area contributed by atoms with Gasteiger partial charge in [-0.05, 0) is 43.9 Å². The van der Waals surface area contributed by atoms with Gasteiger partial charge in [0.2, 0.25) is 5.91 Å². The minimum absolute atomic E-state index is 0.0985. The highest BCUT2D eigenvalue weighted by atomic mass is 16.5. The minimum Gasteiger partial charge on any atom is -0.494 e. The lowest BCUT2D eigenvalue weighted by Gasteiger charge is -2.16. The number of nitrogens with zero attached hydrogens (tertiary/aromatic N) is 6. The van der Waals surface area contributed by atoms with Gasteiger partial charge in [-0.1, -0.05) is 22.5 Å². The van der Waals surface area contributed by atoms with Crippen molar-refractivity contribution in [1.29, 1.82) is 0 Å². The molecule has 30 heavy (non-hydrogen) atoms. The smallest absolute Gasteiger partial charge is 0.280 e. The normalized spacial score (nSPS) is 18.7. The maximum absolute atomic E-state index is 12.7. The lowest BCUT2D eigenvalue weighted by atomic mass is 10.1. The highest BCUT2D eigenvalue weighted by molar-refractivity contribution is 5.79. The van der Waals surface area contributed by atoms with Crippen molar-refractivity contribution in [1.82, 2.24) is 30.0 Å². The summed E-state index contributed by atoms with van der Waals surface area (Å²) < 4.78 is 12.6. The van der Waals surface area contributed by atoms with Gasteiger partial charge in [0.05, 0.1) is 25.3 Å². The second kappa shape index (κ2) is 7.89. The second-order valence-electron chi connectivity index (χ2n) is 7.85. The topological polar surface area (TPSA) is 99.2 Å². The SMILES string of the molecule is CCOc1ccc(CC(=O)N2CC[C@@H](n3cc(-c4nc(C5CC5)no4)nn3)C2)cc1. The van der Waals surface area contributed by atoms with Gasteiger partial charge in [0.1, 0.15) is 5.75 Å². The van der Waals surface area contributed by atoms with Crippen molar-refractivity contribution in [3.8, 4) is 17.3 Å². The molecule has 9 nitrogen and oxygen atoms in total. The van der Waals surface area contributed by atoms with Crippen LogP contribution in [0.1, 0.15) is 49.5 Å². The molecular weight excluding hydrogens is 384 g/mol. The zero-order valence-corrected chi connectivity index (χ0v) is 16.9. The van der Waals surface area contributed by atoms with Gasteiger partial charge < -0.3 is 14.2 Å². The van der Waals surface area contributed by atoms with E-state index in [0.29, 0.717) is 43.6 Å². The molecule has 2 aliphatic rings. The van der Waals surface area contributed by atoms with Crippen LogP contribution < -0.4 is 4.74 Å². The standard InChI is InChI=1S/C21H24N6O3/c1-2-29-17-7-3-14(4-8-17)11-19(28)26-10-9-16(12-26)27-13-18(23-25-27)21-22-20(24-30-21)15-5-6-15/h3-4,7-8,13,15-16H,2,5-6,9-12H2,1H3/t16-/m1/s1. The van der Waals surface area contributed by atoms with Crippen LogP contribution in [0.4, 0.5) is 0 Å². The molecule has 1 aromatic carbocycles. The predicted molar refractivity (Wildman–Crippen MR) is 107 cm³/mol. The first kappa shape index (κ1) is 18.8. The Bertz CT molecular complexity index is 1020. The molecule has 156 valence electrons. The summed E-state index contributed by atoms with van der Waals surface area (Å²) in [6, 6.07) is 7.80. The molecule has 2 aromatic heterocycles. The summed E-state index contributed by atoms with van der Waals surface area (Å²) in [6.45, 7) is 3.91. The van der Waals surface area contributed by atoms with Crippen molar-refractivity contribution >= 4 is 5.91 Å². The van der Waals surface area contributed by atoms with Crippen LogP contribution in [0.25, 0.3) is 11.6 Å². The van der Waals surface area contributed by atoms with Crippen molar-refractivity contribution in [2.24, 2.45) is 0 Å². The predicted octanol–water partition coefficient (Wildman–Crippen LogP) is 2.62. The number of benzene rings is 1. The molecule has 1 saturated heterocycles. The van der Waals surface area contributed by atoms with Crippen molar-refractivity contribution in [3.05, 3.63) is 41.9 Å². The van der Waals surface area contributed by atoms with E-state index < -0.39 is 0 Å². The monoisotopic (exact) mass is 408 g/mol. The number of likely N-dealkylation sites (tertiary alicyclic amines) is 1. The molecule has 0 bridgehead atoms. The summed E-state index contributed by atoms with van der Waals surface area (Å²) >= 11 is 0. The van der Waals surface area contributed by atoms with Gasteiger partial charge in [0, 0.05) is 19.0 Å². The average molecular weight is 408 g/mol. The van der Waals surface area contributed by atoms with Crippen LogP contribution in [-0.2, 0) is 11.2 Å². The van der Waals surface area contributed by atoms with Crippen molar-refractivity contribution in [2.45, 2.75) is 44.6 Å². The highest BCUT2D eigenvalue weighted by Crippen LogP contribution is 2.38. The van der Waals surface area contributed by atoms with Gasteiger partial charge in [-0.3, -0.25) is 4.79 Å². The molecule has 2 fully saturated rings. The number of hydrogen-bond donors (Lipinski definition) is 0. The average Bonchev–Trinajstić information content (AvgIpc) is 3.17. The molecule has 3 heterocycles. The zero-order valence-electron chi connectivity index (χ0n) is 16.9. The van der Waals surface area contributed by atoms with Crippen LogP contribution in [0.3, 0.4) is 0 Å². The molecule has 0 unspecified atom stereocenters. The summed E-state index contributed by atoms with van der Waals surface area (Å²) in [4.78, 5) is 19.0. The summed E-state index contributed by atoms with van der Waals surface area (Å²) in [5.41, 5.74) is 1.56. The van der Waals surface area contributed by atoms with Gasteiger partial charge in [-0.2, -0.15) is 4.98 Å². The van der Waals surface area contributed by atoms with E-state index in [1.807, 2.05) is 42.3 Å². The Morgan fingerprint density at radius 3 is 2.83 bits per heavy atom. The Hall–Kier alpha value is -3.23. The third-order valence-electron chi connectivity index (χ3n) is 5.59. The van der Waals surface area contributed by atoms with Crippen LogP contribution in [-0.4, -0.2) is 55.6 Å². The Balaban J connectivity index is 1.19. The van der Waals surface area contributed by atoms with E-state index in [1.165, 1.54) is 0 Å². The lowest BCUT2D eigenvalue weighted by Crippen LogP contribution is -2.30. The first-order valence-corrected chi connectivity index (χ1v) is 10.4. The largest absolute Gasteiger partial charge is 0.494 e. The number of ether oxygens (including phenoxy) is 1. The summed E-state index contributed by atoms with van der Waals surface area (Å²) in [5.74, 6) is 2.54. The molecule has 0 radical (unpaired) electrons. The second-order valence-corrected chi connectivity index (χ2v) is 7.85. The van der Waals surface area contributed by atoms with Gasteiger partial charge in [-0.25, -0.2) is 4.68 Å². The van der Waals surface area contributed by atoms with E-state index in [2.05, 4.69) is 20.5 Å². The molecule has 1 aliphatic heterocycles. The lowest BCUT2D eigenvalue weighted by molar-refractivity contribution is -0.129. The highest BCUT2D eigenvalue weighted by Gasteiger charge is 2.31. The number of carbonyl (C=O) groups is 1. The Labute approximate surface area is 174 Å². The fourth-order valence-electron chi connectivity index (χ4n) is 3.74. The van der Waals surface area contributed by atoms with E-state index in [-0.39, 0.29) is 11.9 Å². The minimum atomic E-state index is 0.0985. The molecule has 0 spiro atoms. The number of rotatable bonds is 7. The van der Waals surface area contributed by atoms with Crippen LogP contribution in [0.2, 0.25) is 0 Å². The first-order chi connectivity index (χ1) is 14.7. The van der Waals surface area contributed by atoms with E-state index in [0.717, 1.165) is 36.4 Å². The fourth-order valence-corrected chi connectivity index (χ4v) is 3.74. The van der Waals surface area contributed by atoms with Crippen LogP contribution in [0, 0.1) is 0 Å². The third-order valence-corrected chi connectivity index (χ3v) is 5.59. The van der Waals surface area contributed by atoms with Crippen LogP contribution in [0.5, 0.6) is 5.75 Å². The van der Waals surface area contributed by atoms with Crippen LogP contribution in [0.15, 0.2) is 35.0 Å².